The first-order valence-electron chi connectivity index (χ1n) is 4.41. The first-order valence-corrected chi connectivity index (χ1v) is 4.41. The summed E-state index contributed by atoms with van der Waals surface area (Å²) in [4.78, 5) is 22.0. The van der Waals surface area contributed by atoms with Crippen LogP contribution in [0.1, 0.15) is 20.8 Å². The van der Waals surface area contributed by atoms with Crippen molar-refractivity contribution in [3.05, 3.63) is 0 Å². The van der Waals surface area contributed by atoms with Crippen LogP contribution in [0.4, 0.5) is 0 Å². The topological polar surface area (TPSA) is 72.8 Å². The molecule has 1 aliphatic rings. The molecule has 0 aliphatic carbocycles. The summed E-state index contributed by atoms with van der Waals surface area (Å²) in [5.74, 6) is -1.38. The van der Waals surface area contributed by atoms with Gasteiger partial charge in [-0.2, -0.15) is 0 Å². The van der Waals surface area contributed by atoms with Crippen LogP contribution >= 0.6 is 0 Å². The minimum atomic E-state index is -0.972. The fraction of sp³-hybridized carbons (Fsp3) is 0.778. The minimum Gasteiger partial charge on any atom is -0.425 e. The highest BCUT2D eigenvalue weighted by Gasteiger charge is 2.53. The summed E-state index contributed by atoms with van der Waals surface area (Å²) >= 11 is 0. The van der Waals surface area contributed by atoms with Gasteiger partial charge in [0.2, 0.25) is 0 Å². The second-order valence-corrected chi connectivity index (χ2v) is 3.75. The van der Waals surface area contributed by atoms with E-state index in [1.54, 1.807) is 13.8 Å². The summed E-state index contributed by atoms with van der Waals surface area (Å²) in [6, 6.07) is 0. The van der Waals surface area contributed by atoms with E-state index in [0.29, 0.717) is 0 Å². The van der Waals surface area contributed by atoms with E-state index < -0.39 is 23.6 Å². The van der Waals surface area contributed by atoms with Crippen LogP contribution in [-0.4, -0.2) is 29.9 Å². The van der Waals surface area contributed by atoms with E-state index >= 15 is 0 Å². The fourth-order valence-electron chi connectivity index (χ4n) is 1.33. The molecule has 14 heavy (non-hydrogen) atoms. The third-order valence-corrected chi connectivity index (χ3v) is 2.71. The van der Waals surface area contributed by atoms with Crippen LogP contribution in [-0.2, 0) is 19.1 Å². The van der Waals surface area contributed by atoms with Gasteiger partial charge in [0.05, 0.1) is 12.0 Å². The van der Waals surface area contributed by atoms with Crippen molar-refractivity contribution in [2.75, 3.05) is 6.61 Å². The average Bonchev–Trinajstić information content (AvgIpc) is 2.31. The maximum absolute atomic E-state index is 11.4. The Hall–Kier alpha value is -1.10. The molecule has 0 unspecified atom stereocenters. The highest BCUT2D eigenvalue weighted by molar-refractivity contribution is 5.79. The van der Waals surface area contributed by atoms with Gasteiger partial charge in [0.1, 0.15) is 0 Å². The standard InChI is InChI=1S/C9H14O5/c1-5-7(13-6(2)11)14-8(12)9(5,3)4-10/h5,7,10H,4H2,1-3H3/t5-,7+,9-/m1/s1. The minimum absolute atomic E-state index is 0.315. The molecule has 0 aromatic heterocycles. The Morgan fingerprint density at radius 3 is 2.64 bits per heavy atom. The van der Waals surface area contributed by atoms with Gasteiger partial charge >= 0.3 is 11.9 Å². The third-order valence-electron chi connectivity index (χ3n) is 2.71. The number of hydrogen-bond donors (Lipinski definition) is 1. The SMILES string of the molecule is CC(=O)O[C@H]1OC(=O)[C@](C)(CO)[C@@H]1C. The van der Waals surface area contributed by atoms with E-state index in [0.717, 1.165) is 0 Å². The molecule has 3 atom stereocenters. The lowest BCUT2D eigenvalue weighted by Gasteiger charge is -2.22. The van der Waals surface area contributed by atoms with Gasteiger partial charge in [0, 0.05) is 12.8 Å². The monoisotopic (exact) mass is 202 g/mol. The van der Waals surface area contributed by atoms with Crippen LogP contribution in [0.5, 0.6) is 0 Å². The van der Waals surface area contributed by atoms with E-state index in [-0.39, 0.29) is 12.5 Å². The van der Waals surface area contributed by atoms with Crippen LogP contribution in [0.3, 0.4) is 0 Å². The summed E-state index contributed by atoms with van der Waals surface area (Å²) in [6.45, 7) is 4.22. The van der Waals surface area contributed by atoms with Gasteiger partial charge < -0.3 is 14.6 Å². The van der Waals surface area contributed by atoms with Gasteiger partial charge in [0.15, 0.2) is 0 Å². The molecule has 1 aliphatic heterocycles. The number of aliphatic hydroxyl groups is 1. The molecule has 1 heterocycles. The maximum atomic E-state index is 11.4. The van der Waals surface area contributed by atoms with Crippen LogP contribution in [0.2, 0.25) is 0 Å². The number of carbonyl (C=O) groups is 2. The molecule has 0 aromatic carbocycles. The van der Waals surface area contributed by atoms with Crippen molar-refractivity contribution in [3.63, 3.8) is 0 Å². The van der Waals surface area contributed by atoms with Crippen LogP contribution in [0, 0.1) is 11.3 Å². The third kappa shape index (κ3) is 1.59. The molecule has 1 saturated heterocycles. The number of hydrogen-bond acceptors (Lipinski definition) is 5. The zero-order valence-electron chi connectivity index (χ0n) is 8.44. The molecular weight excluding hydrogens is 188 g/mol. The number of cyclic esters (lactones) is 1. The Balaban J connectivity index is 2.79. The Morgan fingerprint density at radius 2 is 2.29 bits per heavy atom. The Kier molecular flexibility index (Phi) is 2.80. The van der Waals surface area contributed by atoms with Crippen molar-refractivity contribution in [3.8, 4) is 0 Å². The first kappa shape index (κ1) is 11.0. The molecule has 5 nitrogen and oxygen atoms in total. The summed E-state index contributed by atoms with van der Waals surface area (Å²) in [5, 5.41) is 9.08. The quantitative estimate of drug-likeness (QED) is 0.641. The van der Waals surface area contributed by atoms with Crippen molar-refractivity contribution >= 4 is 11.9 Å². The molecule has 1 fully saturated rings. The molecule has 0 aromatic rings. The van der Waals surface area contributed by atoms with Crippen molar-refractivity contribution < 1.29 is 24.2 Å². The van der Waals surface area contributed by atoms with E-state index in [4.69, 9.17) is 14.6 Å². The zero-order chi connectivity index (χ0) is 10.9. The maximum Gasteiger partial charge on any atom is 0.317 e. The molecule has 1 rings (SSSR count). The fourth-order valence-corrected chi connectivity index (χ4v) is 1.33. The predicted molar refractivity (Wildman–Crippen MR) is 46.0 cm³/mol. The molecular formula is C9H14O5. The van der Waals surface area contributed by atoms with Crippen LogP contribution in [0.15, 0.2) is 0 Å². The van der Waals surface area contributed by atoms with Crippen molar-refractivity contribution in [2.45, 2.75) is 27.1 Å². The van der Waals surface area contributed by atoms with Gasteiger partial charge in [-0.3, -0.25) is 9.59 Å². The molecule has 1 N–H and O–H groups in total. The van der Waals surface area contributed by atoms with Crippen molar-refractivity contribution in [1.82, 2.24) is 0 Å². The van der Waals surface area contributed by atoms with Crippen LogP contribution in [0.25, 0.3) is 0 Å². The van der Waals surface area contributed by atoms with Crippen LogP contribution < -0.4 is 0 Å². The second kappa shape index (κ2) is 3.57. The normalized spacial score (nSPS) is 36.7. The Labute approximate surface area is 82.0 Å². The van der Waals surface area contributed by atoms with E-state index in [9.17, 15) is 9.59 Å². The number of rotatable bonds is 2. The average molecular weight is 202 g/mol. The molecule has 0 saturated carbocycles. The number of aliphatic hydroxyl groups excluding tert-OH is 1. The first-order chi connectivity index (χ1) is 6.41. The molecule has 5 heteroatoms. The lowest BCUT2D eigenvalue weighted by molar-refractivity contribution is -0.179. The zero-order valence-corrected chi connectivity index (χ0v) is 8.44. The van der Waals surface area contributed by atoms with E-state index in [1.807, 2.05) is 0 Å². The largest absolute Gasteiger partial charge is 0.425 e. The number of ether oxygens (including phenoxy) is 2. The summed E-state index contributed by atoms with van der Waals surface area (Å²) in [7, 11) is 0. The second-order valence-electron chi connectivity index (χ2n) is 3.75. The Morgan fingerprint density at radius 1 is 1.71 bits per heavy atom. The van der Waals surface area contributed by atoms with Gasteiger partial charge in [-0.05, 0) is 6.92 Å². The van der Waals surface area contributed by atoms with Crippen molar-refractivity contribution in [1.29, 1.82) is 0 Å². The predicted octanol–water partition coefficient (Wildman–Crippen LogP) is 0.0671. The highest BCUT2D eigenvalue weighted by Crippen LogP contribution is 2.39. The number of esters is 2. The molecule has 0 radical (unpaired) electrons. The molecule has 0 amide bonds. The molecule has 0 bridgehead atoms. The highest BCUT2D eigenvalue weighted by atomic mass is 16.7. The van der Waals surface area contributed by atoms with Gasteiger partial charge in [-0.1, -0.05) is 6.92 Å². The summed E-state index contributed by atoms with van der Waals surface area (Å²) in [5.41, 5.74) is -0.972. The molecule has 80 valence electrons. The van der Waals surface area contributed by atoms with E-state index in [2.05, 4.69) is 0 Å². The molecule has 0 spiro atoms. The van der Waals surface area contributed by atoms with Crippen molar-refractivity contribution in [2.24, 2.45) is 11.3 Å². The van der Waals surface area contributed by atoms with E-state index in [1.165, 1.54) is 6.92 Å². The Bertz CT molecular complexity index is 262. The van der Waals surface area contributed by atoms with Gasteiger partial charge in [-0.15, -0.1) is 0 Å². The lowest BCUT2D eigenvalue weighted by atomic mass is 9.81. The number of carbonyl (C=O) groups excluding carboxylic acids is 2. The lowest BCUT2D eigenvalue weighted by Crippen LogP contribution is -2.34. The smallest absolute Gasteiger partial charge is 0.317 e. The summed E-state index contributed by atoms with van der Waals surface area (Å²) in [6.07, 6.45) is -0.878. The van der Waals surface area contributed by atoms with Gasteiger partial charge in [0.25, 0.3) is 6.29 Å². The van der Waals surface area contributed by atoms with Gasteiger partial charge in [-0.25, -0.2) is 0 Å². The summed E-state index contributed by atoms with van der Waals surface area (Å²) < 4.78 is 9.65.